The average molecular weight is 252 g/mol. The van der Waals surface area contributed by atoms with Crippen LogP contribution in [0.5, 0.6) is 11.5 Å². The SMILES string of the molecule is COc1cc(C)c(C(C(=O)O)C(C)C)cc1OC. The van der Waals surface area contributed by atoms with Crippen molar-refractivity contribution in [2.24, 2.45) is 5.92 Å². The summed E-state index contributed by atoms with van der Waals surface area (Å²) in [7, 11) is 3.11. The summed E-state index contributed by atoms with van der Waals surface area (Å²) in [5, 5.41) is 9.34. The summed E-state index contributed by atoms with van der Waals surface area (Å²) in [6, 6.07) is 3.57. The van der Waals surface area contributed by atoms with Crippen molar-refractivity contribution in [1.82, 2.24) is 0 Å². The molecule has 0 saturated heterocycles. The molecule has 0 bridgehead atoms. The van der Waals surface area contributed by atoms with E-state index >= 15 is 0 Å². The van der Waals surface area contributed by atoms with Crippen LogP contribution < -0.4 is 9.47 Å². The van der Waals surface area contributed by atoms with Gasteiger partial charge >= 0.3 is 5.97 Å². The Hall–Kier alpha value is -1.71. The van der Waals surface area contributed by atoms with E-state index in [4.69, 9.17) is 9.47 Å². The Balaban J connectivity index is 3.35. The summed E-state index contributed by atoms with van der Waals surface area (Å²) in [6.07, 6.45) is 0. The fourth-order valence-electron chi connectivity index (χ4n) is 2.11. The van der Waals surface area contributed by atoms with Crippen LogP contribution in [0.25, 0.3) is 0 Å². The first-order valence-corrected chi connectivity index (χ1v) is 5.87. The number of hydrogen-bond acceptors (Lipinski definition) is 3. The number of carboxylic acids is 1. The van der Waals surface area contributed by atoms with Gasteiger partial charge in [-0.1, -0.05) is 13.8 Å². The van der Waals surface area contributed by atoms with Crippen molar-refractivity contribution < 1.29 is 19.4 Å². The number of aryl methyl sites for hydroxylation is 1. The third kappa shape index (κ3) is 2.75. The first kappa shape index (κ1) is 14.4. The monoisotopic (exact) mass is 252 g/mol. The molecule has 0 fully saturated rings. The first-order chi connectivity index (χ1) is 8.42. The Morgan fingerprint density at radius 1 is 1.17 bits per heavy atom. The fourth-order valence-corrected chi connectivity index (χ4v) is 2.11. The number of aliphatic carboxylic acids is 1. The van der Waals surface area contributed by atoms with Gasteiger partial charge in [-0.25, -0.2) is 0 Å². The minimum absolute atomic E-state index is 0.0132. The van der Waals surface area contributed by atoms with Crippen LogP contribution in [0.4, 0.5) is 0 Å². The van der Waals surface area contributed by atoms with Crippen molar-refractivity contribution in [2.45, 2.75) is 26.7 Å². The van der Waals surface area contributed by atoms with Crippen molar-refractivity contribution in [3.05, 3.63) is 23.3 Å². The van der Waals surface area contributed by atoms with E-state index in [1.807, 2.05) is 26.8 Å². The molecule has 4 nitrogen and oxygen atoms in total. The smallest absolute Gasteiger partial charge is 0.311 e. The summed E-state index contributed by atoms with van der Waals surface area (Å²) in [6.45, 7) is 5.68. The maximum atomic E-state index is 11.4. The zero-order valence-corrected chi connectivity index (χ0v) is 11.5. The summed E-state index contributed by atoms with van der Waals surface area (Å²) < 4.78 is 10.4. The molecule has 18 heavy (non-hydrogen) atoms. The highest BCUT2D eigenvalue weighted by Gasteiger charge is 2.26. The molecule has 0 aliphatic carbocycles. The molecule has 0 amide bonds. The molecular weight excluding hydrogens is 232 g/mol. The number of rotatable bonds is 5. The molecule has 1 atom stereocenters. The van der Waals surface area contributed by atoms with Crippen LogP contribution in [0.3, 0.4) is 0 Å². The lowest BCUT2D eigenvalue weighted by Gasteiger charge is -2.20. The standard InChI is InChI=1S/C14H20O4/c1-8(2)13(14(15)16)10-7-12(18-5)11(17-4)6-9(10)3/h6-8,13H,1-5H3,(H,15,16). The molecule has 0 aliphatic rings. The van der Waals surface area contributed by atoms with Gasteiger partial charge in [0.1, 0.15) is 0 Å². The maximum absolute atomic E-state index is 11.4. The summed E-state index contributed by atoms with van der Waals surface area (Å²) in [5.74, 6) is -0.166. The predicted octanol–water partition coefficient (Wildman–Crippen LogP) is 2.84. The number of ether oxygens (including phenoxy) is 2. The summed E-state index contributed by atoms with van der Waals surface area (Å²) in [4.78, 5) is 11.4. The minimum Gasteiger partial charge on any atom is -0.493 e. The van der Waals surface area contributed by atoms with Gasteiger partial charge in [-0.05, 0) is 36.1 Å². The molecule has 100 valence electrons. The van der Waals surface area contributed by atoms with Gasteiger partial charge in [0.2, 0.25) is 0 Å². The second-order valence-corrected chi connectivity index (χ2v) is 4.62. The molecule has 0 saturated carbocycles. The molecule has 4 heteroatoms. The molecule has 1 N–H and O–H groups in total. The van der Waals surface area contributed by atoms with Gasteiger partial charge in [0.25, 0.3) is 0 Å². The molecular formula is C14H20O4. The highest BCUT2D eigenvalue weighted by Crippen LogP contribution is 2.36. The molecule has 0 radical (unpaired) electrons. The van der Waals surface area contributed by atoms with E-state index in [0.717, 1.165) is 11.1 Å². The third-order valence-electron chi connectivity index (χ3n) is 3.04. The number of carboxylic acid groups (broad SMARTS) is 1. The van der Waals surface area contributed by atoms with E-state index < -0.39 is 11.9 Å². The van der Waals surface area contributed by atoms with Crippen molar-refractivity contribution >= 4 is 5.97 Å². The summed E-state index contributed by atoms with van der Waals surface area (Å²) >= 11 is 0. The van der Waals surface area contributed by atoms with Gasteiger partial charge in [-0.15, -0.1) is 0 Å². The van der Waals surface area contributed by atoms with Gasteiger partial charge in [0.05, 0.1) is 20.1 Å². The van der Waals surface area contributed by atoms with Crippen LogP contribution in [0.15, 0.2) is 12.1 Å². The minimum atomic E-state index is -0.819. The van der Waals surface area contributed by atoms with Gasteiger partial charge < -0.3 is 14.6 Å². The lowest BCUT2D eigenvalue weighted by atomic mass is 9.86. The molecule has 0 spiro atoms. The largest absolute Gasteiger partial charge is 0.493 e. The van der Waals surface area contributed by atoms with Crippen LogP contribution in [0.1, 0.15) is 30.9 Å². The van der Waals surface area contributed by atoms with Crippen molar-refractivity contribution in [2.75, 3.05) is 14.2 Å². The normalized spacial score (nSPS) is 12.3. The van der Waals surface area contributed by atoms with E-state index in [0.29, 0.717) is 11.5 Å². The van der Waals surface area contributed by atoms with Crippen molar-refractivity contribution in [3.63, 3.8) is 0 Å². The van der Waals surface area contributed by atoms with Crippen LogP contribution in [-0.4, -0.2) is 25.3 Å². The van der Waals surface area contributed by atoms with E-state index in [1.165, 1.54) is 0 Å². The molecule has 1 aromatic carbocycles. The van der Waals surface area contributed by atoms with Crippen molar-refractivity contribution in [1.29, 1.82) is 0 Å². The number of methoxy groups -OCH3 is 2. The zero-order chi connectivity index (χ0) is 13.9. The van der Waals surface area contributed by atoms with Gasteiger partial charge in [-0.3, -0.25) is 4.79 Å². The van der Waals surface area contributed by atoms with Crippen LogP contribution in [-0.2, 0) is 4.79 Å². The first-order valence-electron chi connectivity index (χ1n) is 5.87. The summed E-state index contributed by atoms with van der Waals surface area (Å²) in [5.41, 5.74) is 1.67. The van der Waals surface area contributed by atoms with E-state index in [9.17, 15) is 9.90 Å². The molecule has 0 aromatic heterocycles. The molecule has 1 unspecified atom stereocenters. The quantitative estimate of drug-likeness (QED) is 0.875. The fraction of sp³-hybridized carbons (Fsp3) is 0.500. The average Bonchev–Trinajstić information content (AvgIpc) is 2.30. The predicted molar refractivity (Wildman–Crippen MR) is 69.5 cm³/mol. The number of carbonyl (C=O) groups is 1. The second kappa shape index (κ2) is 5.76. The Labute approximate surface area is 108 Å². The Kier molecular flexibility index (Phi) is 4.59. The van der Waals surface area contributed by atoms with E-state index in [-0.39, 0.29) is 5.92 Å². The Bertz CT molecular complexity index is 438. The lowest BCUT2D eigenvalue weighted by molar-refractivity contribution is -0.139. The molecule has 0 heterocycles. The third-order valence-corrected chi connectivity index (χ3v) is 3.04. The van der Waals surface area contributed by atoms with Gasteiger partial charge in [-0.2, -0.15) is 0 Å². The van der Waals surface area contributed by atoms with E-state index in [1.54, 1.807) is 20.3 Å². The Morgan fingerprint density at radius 2 is 1.67 bits per heavy atom. The highest BCUT2D eigenvalue weighted by molar-refractivity contribution is 5.77. The molecule has 1 aromatic rings. The number of hydrogen-bond donors (Lipinski definition) is 1. The van der Waals surface area contributed by atoms with Gasteiger partial charge in [0.15, 0.2) is 11.5 Å². The highest BCUT2D eigenvalue weighted by atomic mass is 16.5. The van der Waals surface area contributed by atoms with E-state index in [2.05, 4.69) is 0 Å². The van der Waals surface area contributed by atoms with Gasteiger partial charge in [0, 0.05) is 0 Å². The lowest BCUT2D eigenvalue weighted by Crippen LogP contribution is -2.18. The van der Waals surface area contributed by atoms with Crippen LogP contribution in [0, 0.1) is 12.8 Å². The zero-order valence-electron chi connectivity index (χ0n) is 11.5. The topological polar surface area (TPSA) is 55.8 Å². The maximum Gasteiger partial charge on any atom is 0.311 e. The molecule has 0 aliphatic heterocycles. The second-order valence-electron chi connectivity index (χ2n) is 4.62. The van der Waals surface area contributed by atoms with Crippen molar-refractivity contribution in [3.8, 4) is 11.5 Å². The van der Waals surface area contributed by atoms with Crippen LogP contribution in [0.2, 0.25) is 0 Å². The Morgan fingerprint density at radius 3 is 2.06 bits per heavy atom. The van der Waals surface area contributed by atoms with Crippen LogP contribution >= 0.6 is 0 Å². The molecule has 1 rings (SSSR count). The number of benzene rings is 1.